The summed E-state index contributed by atoms with van der Waals surface area (Å²) in [4.78, 5) is 46.7. The summed E-state index contributed by atoms with van der Waals surface area (Å²) in [5, 5.41) is 16.4. The number of fused-ring (bicyclic) bond motifs is 2. The van der Waals surface area contributed by atoms with Gasteiger partial charge in [-0.3, -0.25) is 19.0 Å². The molecule has 3 aliphatic rings. The van der Waals surface area contributed by atoms with Gasteiger partial charge in [0.2, 0.25) is 11.7 Å². The molecule has 4 aromatic rings. The maximum atomic E-state index is 12.9. The van der Waals surface area contributed by atoms with E-state index in [0.717, 1.165) is 23.8 Å². The van der Waals surface area contributed by atoms with E-state index < -0.39 is 28.8 Å². The number of hydrogen-bond donors (Lipinski definition) is 3. The molecule has 0 saturated heterocycles. The van der Waals surface area contributed by atoms with Crippen LogP contribution in [-0.4, -0.2) is 41.2 Å². The molecule has 3 aromatic heterocycles. The highest BCUT2D eigenvalue weighted by atomic mass is 16.5. The van der Waals surface area contributed by atoms with Crippen LogP contribution in [0.15, 0.2) is 40.0 Å². The summed E-state index contributed by atoms with van der Waals surface area (Å²) in [7, 11) is 1.46. The Balaban J connectivity index is 1.56. The highest BCUT2D eigenvalue weighted by Crippen LogP contribution is 2.56. The average Bonchev–Trinajstić information content (AvgIpc) is 3.59. The van der Waals surface area contributed by atoms with E-state index in [4.69, 9.17) is 15.2 Å². The fourth-order valence-corrected chi connectivity index (χ4v) is 5.29. The molecular weight excluding hydrogens is 454 g/mol. The van der Waals surface area contributed by atoms with E-state index >= 15 is 0 Å². The number of aromatic nitrogens is 5. The van der Waals surface area contributed by atoms with Crippen molar-refractivity contribution < 1.29 is 19.2 Å². The quantitative estimate of drug-likeness (QED) is 0.392. The van der Waals surface area contributed by atoms with Gasteiger partial charge in [-0.2, -0.15) is 0 Å². The maximum absolute atomic E-state index is 12.9. The van der Waals surface area contributed by atoms with Crippen LogP contribution in [0.5, 0.6) is 5.75 Å². The van der Waals surface area contributed by atoms with Crippen molar-refractivity contribution in [1.82, 2.24) is 24.3 Å². The zero-order valence-corrected chi connectivity index (χ0v) is 18.6. The summed E-state index contributed by atoms with van der Waals surface area (Å²) < 4.78 is 7.87. The van der Waals surface area contributed by atoms with Gasteiger partial charge < -0.3 is 25.2 Å². The summed E-state index contributed by atoms with van der Waals surface area (Å²) in [6, 6.07) is 5.10. The van der Waals surface area contributed by atoms with Gasteiger partial charge in [-0.05, 0) is 49.3 Å². The third-order valence-corrected chi connectivity index (χ3v) is 7.07. The Morgan fingerprint density at radius 1 is 1.20 bits per heavy atom. The Kier molecular flexibility index (Phi) is 4.53. The van der Waals surface area contributed by atoms with Crippen molar-refractivity contribution in [2.24, 2.45) is 24.6 Å². The van der Waals surface area contributed by atoms with Crippen LogP contribution in [0.2, 0.25) is 0 Å². The number of rotatable bonds is 5. The average molecular weight is 475 g/mol. The van der Waals surface area contributed by atoms with Crippen molar-refractivity contribution in [3.8, 4) is 17.4 Å². The predicted octanol–water partition coefficient (Wildman–Crippen LogP) is 1.81. The lowest BCUT2D eigenvalue weighted by Gasteiger charge is -2.26. The van der Waals surface area contributed by atoms with Crippen molar-refractivity contribution in [3.05, 3.63) is 52.3 Å². The minimum Gasteiger partial charge on any atom is -0.501 e. The van der Waals surface area contributed by atoms with Gasteiger partial charge in [0.25, 0.3) is 11.5 Å². The Morgan fingerprint density at radius 2 is 2.00 bits per heavy atom. The van der Waals surface area contributed by atoms with Crippen molar-refractivity contribution in [1.29, 1.82) is 0 Å². The molecule has 4 N–H and O–H groups in total. The molecule has 178 valence electrons. The van der Waals surface area contributed by atoms with Crippen LogP contribution in [0.25, 0.3) is 22.7 Å². The number of benzene rings is 1. The van der Waals surface area contributed by atoms with Crippen LogP contribution in [0.3, 0.4) is 0 Å². The molecule has 0 radical (unpaired) electrons. The number of carbonyl (C=O) groups excluding carboxylic acids is 2. The highest BCUT2D eigenvalue weighted by Gasteiger charge is 2.46. The van der Waals surface area contributed by atoms with Crippen LogP contribution in [0.4, 0.5) is 5.69 Å². The van der Waals surface area contributed by atoms with Gasteiger partial charge in [0.15, 0.2) is 17.3 Å². The van der Waals surface area contributed by atoms with E-state index in [1.54, 1.807) is 18.2 Å². The lowest BCUT2D eigenvalue weighted by atomic mass is 9.84. The molecule has 2 bridgehead atoms. The number of aromatic hydroxyl groups is 1. The fourth-order valence-electron chi connectivity index (χ4n) is 5.29. The van der Waals surface area contributed by atoms with E-state index in [1.165, 1.54) is 19.5 Å². The number of primary amides is 1. The van der Waals surface area contributed by atoms with Gasteiger partial charge in [-0.25, -0.2) is 9.97 Å². The maximum Gasteiger partial charge on any atom is 0.296 e. The van der Waals surface area contributed by atoms with Gasteiger partial charge in [0, 0.05) is 18.7 Å². The lowest BCUT2D eigenvalue weighted by Crippen LogP contribution is -2.27. The number of carbonyl (C=O) groups is 2. The van der Waals surface area contributed by atoms with E-state index in [1.807, 2.05) is 4.57 Å². The van der Waals surface area contributed by atoms with Gasteiger partial charge in [0.1, 0.15) is 12.0 Å². The van der Waals surface area contributed by atoms with Crippen LogP contribution in [0.1, 0.15) is 46.2 Å². The standard InChI is InChI=1S/C23H21N7O5/c1-29-20(28-17(18(31)23(29)34)22(33)26-13-8-25-35-9-13)21-27-14-3-2-11(19(24)32)7-16(14)30(21)15-6-10-4-12(15)5-10/h2-3,7-10,12,15,31H,4-6H2,1H3,(H2,24,32)(H,26,33)/t10?,12?,15-/m1/s1. The van der Waals surface area contributed by atoms with Gasteiger partial charge >= 0.3 is 0 Å². The Bertz CT molecular complexity index is 1560. The van der Waals surface area contributed by atoms with Crippen LogP contribution >= 0.6 is 0 Å². The Hall–Kier alpha value is -4.48. The molecular formula is C23H21N7O5. The zero-order chi connectivity index (χ0) is 24.4. The van der Waals surface area contributed by atoms with E-state index in [-0.39, 0.29) is 17.6 Å². The fraction of sp³-hybridized carbons (Fsp3) is 0.304. The third kappa shape index (κ3) is 3.21. The van der Waals surface area contributed by atoms with Crippen molar-refractivity contribution in [2.45, 2.75) is 25.3 Å². The van der Waals surface area contributed by atoms with E-state index in [0.29, 0.717) is 34.3 Å². The number of nitrogens with two attached hydrogens (primary N) is 1. The first kappa shape index (κ1) is 21.1. The van der Waals surface area contributed by atoms with E-state index in [2.05, 4.69) is 15.5 Å². The lowest BCUT2D eigenvalue weighted by molar-refractivity contribution is 0.0996. The summed E-state index contributed by atoms with van der Waals surface area (Å²) in [6.45, 7) is 0. The second-order valence-corrected chi connectivity index (χ2v) is 9.14. The smallest absolute Gasteiger partial charge is 0.296 e. The SMILES string of the molecule is Cn1c(-c2nc3ccc(C(N)=O)cc3n2[C@@H]2CC3CC2C3)nc(C(=O)Nc2cnoc2)c(O)c1=O. The summed E-state index contributed by atoms with van der Waals surface area (Å²) in [5.41, 5.74) is 6.17. The highest BCUT2D eigenvalue weighted by molar-refractivity contribution is 6.04. The molecule has 12 heteroatoms. The molecule has 3 fully saturated rings. The van der Waals surface area contributed by atoms with Gasteiger partial charge in [-0.1, -0.05) is 5.16 Å². The number of hydrogen-bond acceptors (Lipinski definition) is 8. The molecule has 0 unspecified atom stereocenters. The topological polar surface area (TPSA) is 171 Å². The number of anilines is 1. The normalized spacial score (nSPS) is 20.7. The number of amides is 2. The molecule has 3 aliphatic carbocycles. The molecule has 0 spiro atoms. The Morgan fingerprint density at radius 3 is 2.66 bits per heavy atom. The first-order chi connectivity index (χ1) is 16.8. The predicted molar refractivity (Wildman–Crippen MR) is 123 cm³/mol. The summed E-state index contributed by atoms with van der Waals surface area (Å²) >= 11 is 0. The van der Waals surface area contributed by atoms with Gasteiger partial charge in [-0.15, -0.1) is 0 Å². The van der Waals surface area contributed by atoms with Crippen LogP contribution < -0.4 is 16.6 Å². The van der Waals surface area contributed by atoms with E-state index in [9.17, 15) is 19.5 Å². The first-order valence-corrected chi connectivity index (χ1v) is 11.1. The molecule has 2 amide bonds. The number of nitrogens with one attached hydrogen (secondary N) is 1. The van der Waals surface area contributed by atoms with Crippen molar-refractivity contribution in [3.63, 3.8) is 0 Å². The number of nitrogens with zero attached hydrogens (tertiary/aromatic N) is 5. The summed E-state index contributed by atoms with van der Waals surface area (Å²) in [6.07, 6.45) is 5.63. The van der Waals surface area contributed by atoms with Gasteiger partial charge in [0.05, 0.1) is 17.2 Å². The van der Waals surface area contributed by atoms with Crippen molar-refractivity contribution in [2.75, 3.05) is 5.32 Å². The first-order valence-electron chi connectivity index (χ1n) is 11.1. The Labute approximate surface area is 197 Å². The molecule has 3 saturated carbocycles. The molecule has 12 nitrogen and oxygen atoms in total. The third-order valence-electron chi connectivity index (χ3n) is 7.07. The van der Waals surface area contributed by atoms with Crippen LogP contribution in [0, 0.1) is 11.8 Å². The molecule has 35 heavy (non-hydrogen) atoms. The zero-order valence-electron chi connectivity index (χ0n) is 18.6. The molecule has 1 atom stereocenters. The minimum absolute atomic E-state index is 0.100. The summed E-state index contributed by atoms with van der Waals surface area (Å²) in [5.74, 6) is -0.588. The second-order valence-electron chi connectivity index (χ2n) is 9.14. The molecule has 3 heterocycles. The monoisotopic (exact) mass is 475 g/mol. The van der Waals surface area contributed by atoms with Crippen LogP contribution in [-0.2, 0) is 7.05 Å². The molecule has 0 aliphatic heterocycles. The van der Waals surface area contributed by atoms with Crippen molar-refractivity contribution >= 4 is 28.5 Å². The largest absolute Gasteiger partial charge is 0.501 e. The molecule has 1 aromatic carbocycles. The second kappa shape index (κ2) is 7.52. The number of imidazole rings is 1. The minimum atomic E-state index is -0.800. The molecule has 7 rings (SSSR count).